The molecule has 1 fully saturated rings. The molecule has 5 atom stereocenters. The van der Waals surface area contributed by atoms with Crippen LogP contribution in [-0.4, -0.2) is 42.7 Å². The Morgan fingerprint density at radius 1 is 1.29 bits per heavy atom. The third-order valence-corrected chi connectivity index (χ3v) is 2.94. The van der Waals surface area contributed by atoms with E-state index in [2.05, 4.69) is 0 Å². The summed E-state index contributed by atoms with van der Waals surface area (Å²) in [6.07, 6.45) is -0.689. The molecule has 1 aliphatic rings. The number of ether oxygens (including phenoxy) is 2. The molecule has 0 aliphatic carbocycles. The van der Waals surface area contributed by atoms with E-state index in [4.69, 9.17) is 15.2 Å². The van der Waals surface area contributed by atoms with Gasteiger partial charge < -0.3 is 20.3 Å². The molecular weight excluding hydrogens is 182 g/mol. The summed E-state index contributed by atoms with van der Waals surface area (Å²) in [6.45, 7) is 6.81. The van der Waals surface area contributed by atoms with Crippen LogP contribution < -0.4 is 5.73 Å². The van der Waals surface area contributed by atoms with Crippen LogP contribution in [0, 0.1) is 5.92 Å². The van der Waals surface area contributed by atoms with Crippen LogP contribution in [0.4, 0.5) is 0 Å². The Kier molecular flexibility index (Phi) is 4.31. The second kappa shape index (κ2) is 5.07. The molecule has 4 heteroatoms. The first kappa shape index (κ1) is 11.9. The lowest BCUT2D eigenvalue weighted by atomic mass is 9.89. The van der Waals surface area contributed by atoms with Gasteiger partial charge in [-0.1, -0.05) is 6.92 Å². The Morgan fingerprint density at radius 3 is 2.50 bits per heavy atom. The van der Waals surface area contributed by atoms with E-state index in [1.54, 1.807) is 0 Å². The number of hydrogen-bond donors (Lipinski definition) is 2. The van der Waals surface area contributed by atoms with E-state index in [1.165, 1.54) is 0 Å². The molecule has 0 spiro atoms. The van der Waals surface area contributed by atoms with Gasteiger partial charge in [0.1, 0.15) is 6.10 Å². The lowest BCUT2D eigenvalue weighted by molar-refractivity contribution is -0.201. The predicted octanol–water partition coefficient (Wildman–Crippen LogP) is 0.135. The van der Waals surface area contributed by atoms with Gasteiger partial charge in [0.25, 0.3) is 0 Å². The molecule has 1 heterocycles. The molecule has 0 aromatic carbocycles. The Bertz CT molecular complexity index is 177. The van der Waals surface area contributed by atoms with Crippen molar-refractivity contribution in [3.63, 3.8) is 0 Å². The third-order valence-electron chi connectivity index (χ3n) is 2.94. The molecule has 0 aromatic heterocycles. The first-order valence-corrected chi connectivity index (χ1v) is 5.23. The number of aliphatic hydroxyl groups excluding tert-OH is 1. The average molecular weight is 203 g/mol. The summed E-state index contributed by atoms with van der Waals surface area (Å²) in [5, 5.41) is 9.96. The Hall–Kier alpha value is -0.160. The molecule has 0 radical (unpaired) electrons. The fraction of sp³-hybridized carbons (Fsp3) is 1.00. The molecule has 3 N–H and O–H groups in total. The molecule has 1 saturated heterocycles. The van der Waals surface area contributed by atoms with Crippen molar-refractivity contribution < 1.29 is 14.6 Å². The van der Waals surface area contributed by atoms with E-state index in [9.17, 15) is 5.11 Å². The van der Waals surface area contributed by atoms with Crippen LogP contribution in [0.5, 0.6) is 0 Å². The van der Waals surface area contributed by atoms with Crippen LogP contribution in [0.1, 0.15) is 20.8 Å². The zero-order valence-electron chi connectivity index (χ0n) is 9.14. The van der Waals surface area contributed by atoms with Crippen LogP contribution in [-0.2, 0) is 9.47 Å². The largest absolute Gasteiger partial charge is 0.390 e. The van der Waals surface area contributed by atoms with Crippen molar-refractivity contribution in [3.05, 3.63) is 0 Å². The van der Waals surface area contributed by atoms with E-state index in [0.29, 0.717) is 13.2 Å². The minimum atomic E-state index is -0.458. The number of rotatable bonds is 3. The predicted molar refractivity (Wildman–Crippen MR) is 54.0 cm³/mol. The molecule has 1 rings (SSSR count). The van der Waals surface area contributed by atoms with Gasteiger partial charge in [-0.25, -0.2) is 0 Å². The quantitative estimate of drug-likeness (QED) is 0.684. The van der Waals surface area contributed by atoms with E-state index >= 15 is 0 Å². The normalized spacial score (nSPS) is 43.9. The van der Waals surface area contributed by atoms with Crippen LogP contribution in [0.2, 0.25) is 0 Å². The van der Waals surface area contributed by atoms with Crippen molar-refractivity contribution in [2.45, 2.75) is 45.2 Å². The lowest BCUT2D eigenvalue weighted by Crippen LogP contribution is -2.53. The summed E-state index contributed by atoms with van der Waals surface area (Å²) in [5.41, 5.74) is 5.35. The molecular formula is C10H21NO3. The molecule has 0 saturated carbocycles. The van der Waals surface area contributed by atoms with Gasteiger partial charge in [0.2, 0.25) is 0 Å². The van der Waals surface area contributed by atoms with Crippen molar-refractivity contribution in [1.29, 1.82) is 0 Å². The molecule has 14 heavy (non-hydrogen) atoms. The standard InChI is InChI=1S/C10H21NO3/c1-6-7(2)14-8(3)10(9(6)12)13-5-4-11/h6-10,12H,4-5,11H2,1-3H3/t6-,7?,8?,9-,10-/m0/s1. The summed E-state index contributed by atoms with van der Waals surface area (Å²) >= 11 is 0. The Balaban J connectivity index is 2.55. The number of hydrogen-bond acceptors (Lipinski definition) is 4. The summed E-state index contributed by atoms with van der Waals surface area (Å²) in [4.78, 5) is 0. The van der Waals surface area contributed by atoms with Crippen LogP contribution in [0.25, 0.3) is 0 Å². The van der Waals surface area contributed by atoms with Crippen molar-refractivity contribution in [2.24, 2.45) is 11.7 Å². The minimum absolute atomic E-state index is 0.0669. The first-order chi connectivity index (χ1) is 6.57. The first-order valence-electron chi connectivity index (χ1n) is 5.23. The zero-order chi connectivity index (χ0) is 10.7. The number of aliphatic hydroxyl groups is 1. The summed E-state index contributed by atoms with van der Waals surface area (Å²) in [5.74, 6) is 0.106. The van der Waals surface area contributed by atoms with Gasteiger partial charge in [-0.2, -0.15) is 0 Å². The van der Waals surface area contributed by atoms with E-state index < -0.39 is 6.10 Å². The summed E-state index contributed by atoms with van der Waals surface area (Å²) in [6, 6.07) is 0. The second-order valence-electron chi connectivity index (χ2n) is 4.02. The smallest absolute Gasteiger partial charge is 0.110 e. The maximum absolute atomic E-state index is 9.96. The maximum atomic E-state index is 9.96. The molecule has 84 valence electrons. The van der Waals surface area contributed by atoms with E-state index in [0.717, 1.165) is 0 Å². The number of nitrogens with two attached hydrogens (primary N) is 1. The minimum Gasteiger partial charge on any atom is -0.390 e. The van der Waals surface area contributed by atoms with Crippen LogP contribution >= 0.6 is 0 Å². The topological polar surface area (TPSA) is 64.7 Å². The molecule has 2 unspecified atom stereocenters. The average Bonchev–Trinajstić information content (AvgIpc) is 2.14. The van der Waals surface area contributed by atoms with Crippen LogP contribution in [0.15, 0.2) is 0 Å². The van der Waals surface area contributed by atoms with Crippen molar-refractivity contribution in [2.75, 3.05) is 13.2 Å². The van der Waals surface area contributed by atoms with E-state index in [-0.39, 0.29) is 24.2 Å². The molecule has 1 aliphatic heterocycles. The maximum Gasteiger partial charge on any atom is 0.110 e. The highest BCUT2D eigenvalue weighted by atomic mass is 16.6. The lowest BCUT2D eigenvalue weighted by Gasteiger charge is -2.41. The second-order valence-corrected chi connectivity index (χ2v) is 4.02. The third kappa shape index (κ3) is 2.45. The van der Waals surface area contributed by atoms with Gasteiger partial charge in [0.15, 0.2) is 0 Å². The van der Waals surface area contributed by atoms with E-state index in [1.807, 2.05) is 20.8 Å². The molecule has 0 amide bonds. The Labute approximate surface area is 85.4 Å². The highest BCUT2D eigenvalue weighted by Gasteiger charge is 2.39. The summed E-state index contributed by atoms with van der Waals surface area (Å²) in [7, 11) is 0. The van der Waals surface area contributed by atoms with Crippen molar-refractivity contribution >= 4 is 0 Å². The van der Waals surface area contributed by atoms with Crippen LogP contribution in [0.3, 0.4) is 0 Å². The van der Waals surface area contributed by atoms with Gasteiger partial charge in [-0.05, 0) is 13.8 Å². The van der Waals surface area contributed by atoms with Gasteiger partial charge in [-0.3, -0.25) is 0 Å². The highest BCUT2D eigenvalue weighted by molar-refractivity contribution is 4.87. The van der Waals surface area contributed by atoms with Crippen molar-refractivity contribution in [1.82, 2.24) is 0 Å². The van der Waals surface area contributed by atoms with Gasteiger partial charge >= 0.3 is 0 Å². The SMILES string of the molecule is CC1OC(C)[C@H](OCCN)[C@@H](O)[C@H]1C. The fourth-order valence-corrected chi connectivity index (χ4v) is 1.83. The van der Waals surface area contributed by atoms with Crippen molar-refractivity contribution in [3.8, 4) is 0 Å². The van der Waals surface area contributed by atoms with Gasteiger partial charge in [-0.15, -0.1) is 0 Å². The highest BCUT2D eigenvalue weighted by Crippen LogP contribution is 2.27. The Morgan fingerprint density at radius 2 is 1.93 bits per heavy atom. The molecule has 0 bridgehead atoms. The monoisotopic (exact) mass is 203 g/mol. The van der Waals surface area contributed by atoms with Gasteiger partial charge in [0.05, 0.1) is 24.9 Å². The zero-order valence-corrected chi connectivity index (χ0v) is 9.14. The molecule has 0 aromatic rings. The summed E-state index contributed by atoms with van der Waals surface area (Å²) < 4.78 is 11.1. The fourth-order valence-electron chi connectivity index (χ4n) is 1.83. The molecule has 4 nitrogen and oxygen atoms in total. The van der Waals surface area contributed by atoms with Gasteiger partial charge in [0, 0.05) is 12.5 Å².